The molecule has 0 atom stereocenters. The van der Waals surface area contributed by atoms with Crippen LogP contribution in [-0.2, 0) is 6.42 Å². The highest BCUT2D eigenvalue weighted by Gasteiger charge is 1.91. The fourth-order valence-corrected chi connectivity index (χ4v) is 1.67. The first kappa shape index (κ1) is 25.3. The molecular formula is C23H38O2. The molecule has 0 aliphatic carbocycles. The lowest BCUT2D eigenvalue weighted by atomic mass is 10.1. The zero-order chi connectivity index (χ0) is 19.8. The molecule has 0 unspecified atom stereocenters. The van der Waals surface area contributed by atoms with Crippen LogP contribution in [0, 0.1) is 19.8 Å². The summed E-state index contributed by atoms with van der Waals surface area (Å²) < 4.78 is 5.01. The van der Waals surface area contributed by atoms with Crippen molar-refractivity contribution in [3.05, 3.63) is 59.2 Å². The van der Waals surface area contributed by atoms with Crippen LogP contribution in [0.2, 0.25) is 0 Å². The summed E-state index contributed by atoms with van der Waals surface area (Å²) in [6.45, 7) is 16.5. The Morgan fingerprint density at radius 1 is 0.920 bits per heavy atom. The van der Waals surface area contributed by atoms with E-state index in [9.17, 15) is 0 Å². The molecule has 1 N–H and O–H groups in total. The molecule has 0 aliphatic heterocycles. The Kier molecular flexibility index (Phi) is 15.7. The minimum atomic E-state index is 0.376. The molecule has 2 nitrogen and oxygen atoms in total. The molecule has 0 aromatic heterocycles. The topological polar surface area (TPSA) is 29.5 Å². The first-order chi connectivity index (χ1) is 11.8. The third-order valence-corrected chi connectivity index (χ3v) is 2.92. The second kappa shape index (κ2) is 15.6. The van der Waals surface area contributed by atoms with Gasteiger partial charge in [0.15, 0.2) is 0 Å². The van der Waals surface area contributed by atoms with Gasteiger partial charge < -0.3 is 9.84 Å². The first-order valence-electron chi connectivity index (χ1n) is 9.19. The molecule has 142 valence electrons. The number of aryl methyl sites for hydroxylation is 3. The van der Waals surface area contributed by atoms with Crippen LogP contribution in [0.1, 0.15) is 58.2 Å². The van der Waals surface area contributed by atoms with Crippen LogP contribution >= 0.6 is 0 Å². The van der Waals surface area contributed by atoms with Gasteiger partial charge in [-0.2, -0.15) is 0 Å². The summed E-state index contributed by atoms with van der Waals surface area (Å²) in [6.07, 6.45) is 1.09. The van der Waals surface area contributed by atoms with Crippen LogP contribution in [0.15, 0.2) is 42.5 Å². The predicted octanol–water partition coefficient (Wildman–Crippen LogP) is 6.96. The Labute approximate surface area is 155 Å². The third kappa shape index (κ3) is 14.1. The highest BCUT2D eigenvalue weighted by molar-refractivity contribution is 5.34. The molecule has 0 spiro atoms. The van der Waals surface area contributed by atoms with Gasteiger partial charge in [-0.3, -0.25) is 0 Å². The summed E-state index contributed by atoms with van der Waals surface area (Å²) in [5.74, 6) is 2.14. The monoisotopic (exact) mass is 346 g/mol. The van der Waals surface area contributed by atoms with Crippen LogP contribution in [-0.4, -0.2) is 12.2 Å². The van der Waals surface area contributed by atoms with E-state index in [1.807, 2.05) is 52.0 Å². The van der Waals surface area contributed by atoms with Gasteiger partial charge in [-0.25, -0.2) is 0 Å². The average Bonchev–Trinajstić information content (AvgIpc) is 2.60. The molecule has 2 rings (SSSR count). The number of rotatable bonds is 2. The molecule has 25 heavy (non-hydrogen) atoms. The van der Waals surface area contributed by atoms with Crippen LogP contribution < -0.4 is 4.74 Å². The van der Waals surface area contributed by atoms with Gasteiger partial charge in [0.25, 0.3) is 0 Å². The highest BCUT2D eigenvalue weighted by Crippen LogP contribution is 2.15. The number of hydrogen-bond donors (Lipinski definition) is 1. The average molecular weight is 347 g/mol. The normalized spacial score (nSPS) is 8.88. The number of aromatic hydroxyl groups is 1. The minimum Gasteiger partial charge on any atom is -0.508 e. The van der Waals surface area contributed by atoms with E-state index in [4.69, 9.17) is 9.84 Å². The molecule has 2 aromatic rings. The maximum absolute atomic E-state index is 9.04. The fraction of sp³-hybridized carbons (Fsp3) is 0.478. The Morgan fingerprint density at radius 2 is 1.40 bits per heavy atom. The van der Waals surface area contributed by atoms with Crippen molar-refractivity contribution in [1.82, 2.24) is 0 Å². The lowest BCUT2D eigenvalue weighted by molar-refractivity contribution is 0.414. The molecule has 0 saturated carbocycles. The molecule has 0 fully saturated rings. The van der Waals surface area contributed by atoms with Crippen molar-refractivity contribution in [1.29, 1.82) is 0 Å². The van der Waals surface area contributed by atoms with Gasteiger partial charge in [0.1, 0.15) is 11.5 Å². The van der Waals surface area contributed by atoms with Gasteiger partial charge in [-0.1, -0.05) is 71.4 Å². The summed E-state index contributed by atoms with van der Waals surface area (Å²) in [6, 6.07) is 13.7. The van der Waals surface area contributed by atoms with Crippen molar-refractivity contribution in [3.63, 3.8) is 0 Å². The number of phenols is 1. The van der Waals surface area contributed by atoms with Crippen LogP contribution in [0.5, 0.6) is 11.5 Å². The molecule has 0 amide bonds. The Balaban J connectivity index is 0. The number of phenolic OH excluding ortho intramolecular Hbond substituents is 1. The van der Waals surface area contributed by atoms with Crippen molar-refractivity contribution in [2.45, 2.75) is 61.8 Å². The number of hydrogen-bond acceptors (Lipinski definition) is 2. The molecule has 2 aromatic carbocycles. The number of methoxy groups -OCH3 is 1. The molecule has 0 aliphatic rings. The van der Waals surface area contributed by atoms with Gasteiger partial charge in [0.05, 0.1) is 7.11 Å². The van der Waals surface area contributed by atoms with E-state index in [0.29, 0.717) is 5.75 Å². The maximum Gasteiger partial charge on any atom is 0.118 e. The van der Waals surface area contributed by atoms with Crippen molar-refractivity contribution in [3.8, 4) is 11.5 Å². The molecule has 0 radical (unpaired) electrons. The van der Waals surface area contributed by atoms with Gasteiger partial charge in [-0.05, 0) is 55.5 Å². The lowest BCUT2D eigenvalue weighted by Gasteiger charge is -1.99. The molecule has 0 bridgehead atoms. The van der Waals surface area contributed by atoms with E-state index in [1.54, 1.807) is 13.2 Å². The van der Waals surface area contributed by atoms with Gasteiger partial charge in [-0.15, -0.1) is 0 Å². The Bertz CT molecular complexity index is 517. The van der Waals surface area contributed by atoms with Crippen LogP contribution in [0.4, 0.5) is 0 Å². The fourth-order valence-electron chi connectivity index (χ4n) is 1.67. The van der Waals surface area contributed by atoms with Crippen LogP contribution in [0.3, 0.4) is 0 Å². The molecule has 0 saturated heterocycles. The van der Waals surface area contributed by atoms with Gasteiger partial charge >= 0.3 is 0 Å². The zero-order valence-electron chi connectivity index (χ0n) is 17.7. The molecular weight excluding hydrogens is 308 g/mol. The largest absolute Gasteiger partial charge is 0.508 e. The van der Waals surface area contributed by atoms with E-state index in [2.05, 4.69) is 39.8 Å². The van der Waals surface area contributed by atoms with E-state index in [1.165, 1.54) is 11.1 Å². The smallest absolute Gasteiger partial charge is 0.118 e. The van der Waals surface area contributed by atoms with Crippen LogP contribution in [0.25, 0.3) is 0 Å². The molecule has 2 heteroatoms. The summed E-state index contributed by atoms with van der Waals surface area (Å²) >= 11 is 0. The molecule has 0 heterocycles. The van der Waals surface area contributed by atoms with E-state index >= 15 is 0 Å². The maximum atomic E-state index is 9.04. The van der Waals surface area contributed by atoms with Crippen molar-refractivity contribution in [2.24, 2.45) is 5.92 Å². The van der Waals surface area contributed by atoms with Crippen molar-refractivity contribution >= 4 is 0 Å². The quantitative estimate of drug-likeness (QED) is 0.637. The minimum absolute atomic E-state index is 0.376. The summed E-state index contributed by atoms with van der Waals surface area (Å²) in [4.78, 5) is 0. The number of ether oxygens (including phenoxy) is 1. The third-order valence-electron chi connectivity index (χ3n) is 2.92. The first-order valence-corrected chi connectivity index (χ1v) is 9.19. The second-order valence-electron chi connectivity index (χ2n) is 6.22. The van der Waals surface area contributed by atoms with Crippen molar-refractivity contribution < 1.29 is 9.84 Å². The summed E-state index contributed by atoms with van der Waals surface area (Å²) in [5, 5.41) is 9.04. The summed E-state index contributed by atoms with van der Waals surface area (Å²) in [7, 11) is 1.68. The standard InChI is InChI=1S/C9H12O.C8H10O.C4H10.C2H6/c1-3-8-4-6-9(10-2)7-5-8;1-6-3-4-8(9)7(2)5-6;1-4(2)3;1-2/h4-7H,3H2,1-2H3;3-5,9H,1-2H3;4H,1-3H3;1-2H3. The Morgan fingerprint density at radius 3 is 1.72 bits per heavy atom. The van der Waals surface area contributed by atoms with Crippen molar-refractivity contribution in [2.75, 3.05) is 7.11 Å². The Hall–Kier alpha value is -1.96. The zero-order valence-corrected chi connectivity index (χ0v) is 17.7. The summed E-state index contributed by atoms with van der Waals surface area (Å²) in [5.41, 5.74) is 3.47. The number of benzene rings is 2. The van der Waals surface area contributed by atoms with E-state index in [-0.39, 0.29) is 0 Å². The highest BCUT2D eigenvalue weighted by atomic mass is 16.5. The van der Waals surface area contributed by atoms with E-state index < -0.39 is 0 Å². The van der Waals surface area contributed by atoms with Gasteiger partial charge in [0, 0.05) is 0 Å². The second-order valence-corrected chi connectivity index (χ2v) is 6.22. The van der Waals surface area contributed by atoms with E-state index in [0.717, 1.165) is 23.7 Å². The van der Waals surface area contributed by atoms with Gasteiger partial charge in [0.2, 0.25) is 0 Å². The predicted molar refractivity (Wildman–Crippen MR) is 112 cm³/mol. The lowest BCUT2D eigenvalue weighted by Crippen LogP contribution is -1.83. The SMILES string of the molecule is CC.CC(C)C.CCc1ccc(OC)cc1.Cc1ccc(O)c(C)c1.